The summed E-state index contributed by atoms with van der Waals surface area (Å²) in [6, 6.07) is 6.05. The highest BCUT2D eigenvalue weighted by Gasteiger charge is 2.10. The number of aromatic nitrogens is 1. The smallest absolute Gasteiger partial charge is 0.252 e. The molecule has 0 aliphatic rings. The van der Waals surface area contributed by atoms with Gasteiger partial charge in [0, 0.05) is 18.1 Å². The van der Waals surface area contributed by atoms with Crippen molar-refractivity contribution in [2.24, 2.45) is 5.73 Å². The minimum atomic E-state index is -0.509. The maximum Gasteiger partial charge on any atom is 0.252 e. The molecule has 0 atom stereocenters. The number of carbonyl (C=O) groups excluding carboxylic acids is 1. The molecule has 0 radical (unpaired) electrons. The Kier molecular flexibility index (Phi) is 2.63. The van der Waals surface area contributed by atoms with Gasteiger partial charge in [0.2, 0.25) is 0 Å². The first kappa shape index (κ1) is 11.3. The number of rotatable bonds is 2. The summed E-state index contributed by atoms with van der Waals surface area (Å²) >= 11 is 0. The molecule has 4 heteroatoms. The number of anilines is 1. The van der Waals surface area contributed by atoms with Crippen LogP contribution >= 0.6 is 0 Å². The molecule has 0 spiro atoms. The number of hydrogen-bond acceptors (Lipinski definition) is 2. The first-order valence-corrected chi connectivity index (χ1v) is 5.34. The van der Waals surface area contributed by atoms with Crippen LogP contribution in [0.4, 0.5) is 5.69 Å². The summed E-state index contributed by atoms with van der Waals surface area (Å²) in [4.78, 5) is 11.1. The molecule has 2 rings (SSSR count). The van der Waals surface area contributed by atoms with Crippen molar-refractivity contribution in [3.05, 3.63) is 47.3 Å². The van der Waals surface area contributed by atoms with Gasteiger partial charge in [-0.15, -0.1) is 0 Å². The van der Waals surface area contributed by atoms with Crippen molar-refractivity contribution in [3.8, 4) is 5.69 Å². The molecule has 17 heavy (non-hydrogen) atoms. The fourth-order valence-corrected chi connectivity index (χ4v) is 1.71. The Labute approximate surface area is 99.8 Å². The Morgan fingerprint density at radius 2 is 1.88 bits per heavy atom. The number of primary amides is 1. The van der Waals surface area contributed by atoms with Crippen LogP contribution < -0.4 is 11.5 Å². The summed E-state index contributed by atoms with van der Waals surface area (Å²) in [6.07, 6.45) is 3.35. The lowest BCUT2D eigenvalue weighted by Gasteiger charge is -2.05. The molecule has 0 fully saturated rings. The lowest BCUT2D eigenvalue weighted by molar-refractivity contribution is 0.100. The van der Waals surface area contributed by atoms with E-state index in [1.807, 2.05) is 29.7 Å². The Morgan fingerprint density at radius 1 is 1.18 bits per heavy atom. The molecule has 2 aromatic rings. The van der Waals surface area contributed by atoms with E-state index in [4.69, 9.17) is 11.5 Å². The molecule has 4 nitrogen and oxygen atoms in total. The number of nitrogens with two attached hydrogens (primary N) is 2. The number of hydrogen-bond donors (Lipinski definition) is 2. The molecule has 1 amide bonds. The predicted octanol–water partition coefficient (Wildman–Crippen LogP) is 1.78. The van der Waals surface area contributed by atoms with Gasteiger partial charge in [-0.25, -0.2) is 0 Å². The van der Waals surface area contributed by atoms with E-state index in [1.54, 1.807) is 12.4 Å². The topological polar surface area (TPSA) is 74.0 Å². The van der Waals surface area contributed by atoms with Crippen molar-refractivity contribution in [2.45, 2.75) is 13.8 Å². The van der Waals surface area contributed by atoms with Crippen molar-refractivity contribution < 1.29 is 4.79 Å². The summed E-state index contributed by atoms with van der Waals surface area (Å²) in [5.41, 5.74) is 15.1. The zero-order valence-electron chi connectivity index (χ0n) is 9.90. The zero-order valence-corrected chi connectivity index (χ0v) is 9.90. The lowest BCUT2D eigenvalue weighted by atomic mass is 10.1. The average Bonchev–Trinajstić information content (AvgIpc) is 2.64. The molecule has 1 heterocycles. The summed E-state index contributed by atoms with van der Waals surface area (Å²) in [7, 11) is 0. The van der Waals surface area contributed by atoms with Crippen molar-refractivity contribution in [2.75, 3.05) is 5.73 Å². The van der Waals surface area contributed by atoms with Gasteiger partial charge in [-0.2, -0.15) is 0 Å². The first-order chi connectivity index (χ1) is 7.99. The summed E-state index contributed by atoms with van der Waals surface area (Å²) in [5.74, 6) is -0.509. The van der Waals surface area contributed by atoms with Gasteiger partial charge in [-0.1, -0.05) is 6.07 Å². The van der Waals surface area contributed by atoms with Gasteiger partial charge in [-0.05, 0) is 37.1 Å². The predicted molar refractivity (Wildman–Crippen MR) is 68.2 cm³/mol. The first-order valence-electron chi connectivity index (χ1n) is 5.34. The van der Waals surface area contributed by atoms with E-state index in [0.29, 0.717) is 11.3 Å². The van der Waals surface area contributed by atoms with Crippen LogP contribution in [0, 0.1) is 13.8 Å². The minimum Gasteiger partial charge on any atom is -0.397 e. The molecule has 1 aromatic heterocycles. The number of nitrogen functional groups attached to an aromatic ring is 1. The van der Waals surface area contributed by atoms with Gasteiger partial charge < -0.3 is 16.0 Å². The molecule has 0 saturated carbocycles. The summed E-state index contributed by atoms with van der Waals surface area (Å²) < 4.78 is 1.81. The van der Waals surface area contributed by atoms with Crippen LogP contribution in [0.3, 0.4) is 0 Å². The van der Waals surface area contributed by atoms with Crippen molar-refractivity contribution in [3.63, 3.8) is 0 Å². The third kappa shape index (κ3) is 2.01. The second kappa shape index (κ2) is 3.97. The van der Waals surface area contributed by atoms with E-state index < -0.39 is 5.91 Å². The third-order valence-electron chi connectivity index (χ3n) is 2.91. The van der Waals surface area contributed by atoms with Crippen LogP contribution in [0.2, 0.25) is 0 Å². The van der Waals surface area contributed by atoms with E-state index >= 15 is 0 Å². The number of aryl methyl sites for hydroxylation is 2. The Hall–Kier alpha value is -2.23. The average molecular weight is 229 g/mol. The monoisotopic (exact) mass is 229 g/mol. The molecule has 0 saturated heterocycles. The lowest BCUT2D eigenvalue weighted by Crippen LogP contribution is -2.11. The molecule has 0 unspecified atom stereocenters. The Bertz CT molecular complexity index is 584. The number of amides is 1. The molecule has 88 valence electrons. The van der Waals surface area contributed by atoms with Crippen LogP contribution in [0.15, 0.2) is 30.6 Å². The zero-order chi connectivity index (χ0) is 12.6. The van der Waals surface area contributed by atoms with Gasteiger partial charge >= 0.3 is 0 Å². The third-order valence-corrected chi connectivity index (χ3v) is 2.91. The van der Waals surface area contributed by atoms with Crippen LogP contribution in [-0.2, 0) is 0 Å². The van der Waals surface area contributed by atoms with Crippen LogP contribution in [0.5, 0.6) is 0 Å². The van der Waals surface area contributed by atoms with Crippen molar-refractivity contribution in [1.82, 2.24) is 4.57 Å². The molecule has 1 aromatic carbocycles. The standard InChI is InChI=1S/C13H15N3O/c1-8-3-4-10(5-9(8)2)16-6-11(13(15)17)12(14)7-16/h3-7H,14H2,1-2H3,(H2,15,17). The number of carbonyl (C=O) groups is 1. The van der Waals surface area contributed by atoms with Crippen LogP contribution in [-0.4, -0.2) is 10.5 Å². The molecular formula is C13H15N3O. The SMILES string of the molecule is Cc1ccc(-n2cc(N)c(C(N)=O)c2)cc1C. The second-order valence-corrected chi connectivity index (χ2v) is 4.17. The van der Waals surface area contributed by atoms with E-state index in [-0.39, 0.29) is 0 Å². The Balaban J connectivity index is 2.50. The van der Waals surface area contributed by atoms with Crippen molar-refractivity contribution in [1.29, 1.82) is 0 Å². The molecule has 0 bridgehead atoms. The van der Waals surface area contributed by atoms with Gasteiger partial charge in [-0.3, -0.25) is 4.79 Å². The minimum absolute atomic E-state index is 0.350. The number of benzene rings is 1. The van der Waals surface area contributed by atoms with Crippen molar-refractivity contribution >= 4 is 11.6 Å². The van der Waals surface area contributed by atoms with E-state index in [9.17, 15) is 4.79 Å². The van der Waals surface area contributed by atoms with E-state index in [1.165, 1.54) is 11.1 Å². The largest absolute Gasteiger partial charge is 0.397 e. The highest BCUT2D eigenvalue weighted by molar-refractivity contribution is 5.98. The highest BCUT2D eigenvalue weighted by Crippen LogP contribution is 2.19. The van der Waals surface area contributed by atoms with Crippen LogP contribution in [0.1, 0.15) is 21.5 Å². The summed E-state index contributed by atoms with van der Waals surface area (Å²) in [5, 5.41) is 0. The van der Waals surface area contributed by atoms with E-state index in [2.05, 4.69) is 6.92 Å². The van der Waals surface area contributed by atoms with Gasteiger partial charge in [0.25, 0.3) is 5.91 Å². The molecule has 0 aliphatic heterocycles. The quantitative estimate of drug-likeness (QED) is 0.823. The van der Waals surface area contributed by atoms with Crippen LogP contribution in [0.25, 0.3) is 5.69 Å². The van der Waals surface area contributed by atoms with Gasteiger partial charge in [0.05, 0.1) is 11.3 Å². The fourth-order valence-electron chi connectivity index (χ4n) is 1.71. The summed E-state index contributed by atoms with van der Waals surface area (Å²) in [6.45, 7) is 4.10. The number of nitrogens with zero attached hydrogens (tertiary/aromatic N) is 1. The van der Waals surface area contributed by atoms with E-state index in [0.717, 1.165) is 5.69 Å². The molecule has 0 aliphatic carbocycles. The van der Waals surface area contributed by atoms with Gasteiger partial charge in [0.15, 0.2) is 0 Å². The maximum atomic E-state index is 11.1. The maximum absolute atomic E-state index is 11.1. The highest BCUT2D eigenvalue weighted by atomic mass is 16.1. The Morgan fingerprint density at radius 3 is 2.41 bits per heavy atom. The van der Waals surface area contributed by atoms with Gasteiger partial charge in [0.1, 0.15) is 0 Å². The second-order valence-electron chi connectivity index (χ2n) is 4.17. The molecular weight excluding hydrogens is 214 g/mol. The normalized spacial score (nSPS) is 10.5. The molecule has 4 N–H and O–H groups in total. The fraction of sp³-hybridized carbons (Fsp3) is 0.154.